The molecule has 1 saturated carbocycles. The Morgan fingerprint density at radius 2 is 2.21 bits per heavy atom. The molecule has 0 aromatic rings. The molecule has 0 aromatic carbocycles. The van der Waals surface area contributed by atoms with E-state index in [4.69, 9.17) is 14.8 Å². The fourth-order valence-corrected chi connectivity index (χ4v) is 3.84. The summed E-state index contributed by atoms with van der Waals surface area (Å²) in [5.41, 5.74) is 0. The van der Waals surface area contributed by atoms with Crippen LogP contribution in [0.2, 0.25) is 0 Å². The molecule has 2 atom stereocenters. The lowest BCUT2D eigenvalue weighted by molar-refractivity contribution is -0.0375. The van der Waals surface area contributed by atoms with Gasteiger partial charge in [0.1, 0.15) is 12.1 Å². The molecule has 0 aromatic heterocycles. The molecule has 19 heavy (non-hydrogen) atoms. The summed E-state index contributed by atoms with van der Waals surface area (Å²) in [6, 6.07) is 0.348. The van der Waals surface area contributed by atoms with Crippen LogP contribution >= 0.6 is 31.9 Å². The third-order valence-electron chi connectivity index (χ3n) is 3.59. The number of rotatable bonds is 4. The average Bonchev–Trinajstić information content (AvgIpc) is 3.20. The van der Waals surface area contributed by atoms with Gasteiger partial charge in [-0.3, -0.25) is 4.99 Å². The van der Waals surface area contributed by atoms with E-state index in [1.807, 2.05) is 17.2 Å². The summed E-state index contributed by atoms with van der Waals surface area (Å²) in [5, 5.41) is 8.97. The lowest BCUT2D eigenvalue weighted by Crippen LogP contribution is -2.46. The summed E-state index contributed by atoms with van der Waals surface area (Å²) in [6.45, 7) is 0.408. The van der Waals surface area contributed by atoms with Crippen molar-refractivity contribution in [2.75, 3.05) is 13.2 Å². The second-order valence-electron chi connectivity index (χ2n) is 5.06. The van der Waals surface area contributed by atoms with Crippen LogP contribution in [0.5, 0.6) is 0 Å². The average molecular weight is 392 g/mol. The van der Waals surface area contributed by atoms with Crippen LogP contribution in [0.3, 0.4) is 0 Å². The van der Waals surface area contributed by atoms with E-state index < -0.39 is 0 Å². The number of hydrogen-bond acceptors (Lipinski definition) is 4. The van der Waals surface area contributed by atoms with Crippen molar-refractivity contribution in [3.8, 4) is 0 Å². The first-order valence-electron chi connectivity index (χ1n) is 6.52. The predicted molar refractivity (Wildman–Crippen MR) is 81.2 cm³/mol. The number of fused-ring (bicyclic) bond motifs is 1. The van der Waals surface area contributed by atoms with Gasteiger partial charge in [-0.25, -0.2) is 0 Å². The van der Waals surface area contributed by atoms with Crippen molar-refractivity contribution < 1.29 is 9.84 Å². The number of aliphatic hydroxyl groups excluding tert-OH is 1. The molecule has 0 radical (unpaired) electrons. The number of aliphatic imine (C=N–C) groups is 1. The van der Waals surface area contributed by atoms with Crippen molar-refractivity contribution in [2.24, 2.45) is 10.9 Å². The highest BCUT2D eigenvalue weighted by Gasteiger charge is 2.40. The Balaban J connectivity index is 1.86. The molecule has 3 aliphatic rings. The van der Waals surface area contributed by atoms with Gasteiger partial charge >= 0.3 is 0 Å². The molecule has 0 amide bonds. The molecule has 104 valence electrons. The van der Waals surface area contributed by atoms with Gasteiger partial charge in [-0.1, -0.05) is 0 Å². The molecule has 6 heteroatoms. The molecule has 0 spiro atoms. The number of halogens is 2. The molecule has 1 aliphatic carbocycles. The highest BCUT2D eigenvalue weighted by molar-refractivity contribution is 9.12. The van der Waals surface area contributed by atoms with Gasteiger partial charge in [-0.15, -0.1) is 0 Å². The van der Waals surface area contributed by atoms with Gasteiger partial charge in [0.15, 0.2) is 0 Å². The van der Waals surface area contributed by atoms with E-state index in [-0.39, 0.29) is 12.8 Å². The number of ether oxygens (including phenoxy) is 1. The Labute approximate surface area is 129 Å². The first-order chi connectivity index (χ1) is 9.19. The fourth-order valence-electron chi connectivity index (χ4n) is 2.53. The van der Waals surface area contributed by atoms with Crippen molar-refractivity contribution in [3.63, 3.8) is 0 Å². The summed E-state index contributed by atoms with van der Waals surface area (Å²) in [4.78, 5) is 6.90. The van der Waals surface area contributed by atoms with Crippen LogP contribution < -0.4 is 0 Å². The molecule has 2 unspecified atom stereocenters. The standard InChI is InChI=1S/C13H16Br2N2O2/c14-9-5-10(15)13-16-11(8-1-2-8)6-12(17(13)7-9)19-4-3-18/h5,7-8,11-12,18H,1-4,6H2. The van der Waals surface area contributed by atoms with E-state index >= 15 is 0 Å². The van der Waals surface area contributed by atoms with Crippen LogP contribution in [-0.4, -0.2) is 41.3 Å². The smallest absolute Gasteiger partial charge is 0.144 e. The van der Waals surface area contributed by atoms with Crippen molar-refractivity contribution in [1.82, 2.24) is 4.90 Å². The maximum absolute atomic E-state index is 8.97. The molecule has 2 aliphatic heterocycles. The van der Waals surface area contributed by atoms with Crippen LogP contribution in [0.4, 0.5) is 0 Å². The quantitative estimate of drug-likeness (QED) is 0.801. The minimum absolute atomic E-state index is 0.0425. The predicted octanol–water partition coefficient (Wildman–Crippen LogP) is 2.73. The van der Waals surface area contributed by atoms with E-state index in [0.29, 0.717) is 18.6 Å². The first kappa shape index (κ1) is 13.8. The molecule has 1 N–H and O–H groups in total. The number of nitrogens with zero attached hydrogens (tertiary/aromatic N) is 2. The fraction of sp³-hybridized carbons (Fsp3) is 0.615. The van der Waals surface area contributed by atoms with Crippen LogP contribution in [0, 0.1) is 5.92 Å². The number of allylic oxidation sites excluding steroid dienone is 2. The molecule has 0 saturated heterocycles. The maximum atomic E-state index is 8.97. The summed E-state index contributed by atoms with van der Waals surface area (Å²) < 4.78 is 7.75. The van der Waals surface area contributed by atoms with E-state index in [9.17, 15) is 0 Å². The van der Waals surface area contributed by atoms with Gasteiger partial charge in [0.25, 0.3) is 0 Å². The topological polar surface area (TPSA) is 45.1 Å². The minimum Gasteiger partial charge on any atom is -0.394 e. The SMILES string of the molecule is OCCOC1CC(C2CC2)N=C2C(Br)=CC(Br)=CN21. The summed E-state index contributed by atoms with van der Waals surface area (Å²) >= 11 is 7.07. The Morgan fingerprint density at radius 1 is 1.42 bits per heavy atom. The Morgan fingerprint density at radius 3 is 2.89 bits per heavy atom. The van der Waals surface area contributed by atoms with Crippen LogP contribution in [0.1, 0.15) is 19.3 Å². The van der Waals surface area contributed by atoms with E-state index in [2.05, 4.69) is 31.9 Å². The third kappa shape index (κ3) is 2.96. The second kappa shape index (κ2) is 5.68. The lowest BCUT2D eigenvalue weighted by Gasteiger charge is -2.39. The highest BCUT2D eigenvalue weighted by atomic mass is 79.9. The molecular weight excluding hydrogens is 376 g/mol. The van der Waals surface area contributed by atoms with Gasteiger partial charge in [0.2, 0.25) is 0 Å². The Bertz CT molecular complexity index is 458. The molecule has 3 rings (SSSR count). The second-order valence-corrected chi connectivity index (χ2v) is 6.83. The summed E-state index contributed by atoms with van der Waals surface area (Å²) in [6.07, 6.45) is 7.40. The van der Waals surface area contributed by atoms with Gasteiger partial charge < -0.3 is 14.7 Å². The third-order valence-corrected chi connectivity index (χ3v) is 4.61. The zero-order valence-electron chi connectivity index (χ0n) is 10.4. The number of aliphatic hydroxyl groups is 1. The van der Waals surface area contributed by atoms with E-state index in [1.165, 1.54) is 12.8 Å². The van der Waals surface area contributed by atoms with Crippen molar-refractivity contribution >= 4 is 37.7 Å². The van der Waals surface area contributed by atoms with Gasteiger partial charge in [-0.05, 0) is 56.7 Å². The van der Waals surface area contributed by atoms with Crippen LogP contribution in [-0.2, 0) is 4.74 Å². The summed E-state index contributed by atoms with van der Waals surface area (Å²) in [5.74, 6) is 1.65. The largest absolute Gasteiger partial charge is 0.394 e. The van der Waals surface area contributed by atoms with E-state index in [0.717, 1.165) is 21.2 Å². The maximum Gasteiger partial charge on any atom is 0.144 e. The van der Waals surface area contributed by atoms with Crippen LogP contribution in [0.15, 0.2) is 26.2 Å². The van der Waals surface area contributed by atoms with Gasteiger partial charge in [0.05, 0.1) is 23.7 Å². The van der Waals surface area contributed by atoms with Crippen molar-refractivity contribution in [3.05, 3.63) is 21.2 Å². The molecule has 4 nitrogen and oxygen atoms in total. The molecule has 1 fully saturated rings. The number of hydrogen-bond donors (Lipinski definition) is 1. The highest BCUT2D eigenvalue weighted by Crippen LogP contribution is 2.41. The lowest BCUT2D eigenvalue weighted by atomic mass is 10.0. The van der Waals surface area contributed by atoms with Gasteiger partial charge in [0, 0.05) is 17.1 Å². The van der Waals surface area contributed by atoms with Crippen LogP contribution in [0.25, 0.3) is 0 Å². The minimum atomic E-state index is -0.0425. The van der Waals surface area contributed by atoms with E-state index in [1.54, 1.807) is 0 Å². The normalized spacial score (nSPS) is 30.5. The number of amidine groups is 1. The Hall–Kier alpha value is -0.170. The zero-order valence-corrected chi connectivity index (χ0v) is 13.6. The zero-order chi connectivity index (χ0) is 13.4. The monoisotopic (exact) mass is 390 g/mol. The first-order valence-corrected chi connectivity index (χ1v) is 8.11. The van der Waals surface area contributed by atoms with Crippen molar-refractivity contribution in [1.29, 1.82) is 0 Å². The van der Waals surface area contributed by atoms with Crippen molar-refractivity contribution in [2.45, 2.75) is 31.5 Å². The summed E-state index contributed by atoms with van der Waals surface area (Å²) in [7, 11) is 0. The molecular formula is C13H16Br2N2O2. The molecule has 0 bridgehead atoms. The molecule has 2 heterocycles. The van der Waals surface area contributed by atoms with Gasteiger partial charge in [-0.2, -0.15) is 0 Å². The Kier molecular flexibility index (Phi) is 4.12.